The maximum atomic E-state index is 13.5. The lowest BCUT2D eigenvalue weighted by Gasteiger charge is -2.31. The van der Waals surface area contributed by atoms with E-state index in [0.717, 1.165) is 96.1 Å². The molecule has 0 spiro atoms. The number of hydrogen-bond donors (Lipinski definition) is 2. The molecule has 1 aromatic heterocycles. The lowest BCUT2D eigenvalue weighted by molar-refractivity contribution is 0.219. The number of hydrogen-bond acceptors (Lipinski definition) is 6. The topological polar surface area (TPSA) is 114 Å². The second-order valence-electron chi connectivity index (χ2n) is 10.6. The molecule has 0 aromatic carbocycles. The Bertz CT molecular complexity index is 953. The zero-order chi connectivity index (χ0) is 26.9. The Labute approximate surface area is 230 Å². The van der Waals surface area contributed by atoms with Crippen LogP contribution in [-0.2, 0) is 10.0 Å². The summed E-state index contributed by atoms with van der Waals surface area (Å²) < 4.78 is 28.8. The summed E-state index contributed by atoms with van der Waals surface area (Å²) in [7, 11) is -3.21. The largest absolute Gasteiger partial charge is 0.355 e. The van der Waals surface area contributed by atoms with E-state index in [0.29, 0.717) is 19.0 Å². The number of sulfonamides is 1. The van der Waals surface area contributed by atoms with Gasteiger partial charge in [-0.1, -0.05) is 44.9 Å². The third-order valence-corrected chi connectivity index (χ3v) is 10.0. The van der Waals surface area contributed by atoms with Crippen LogP contribution in [0.1, 0.15) is 89.9 Å². The van der Waals surface area contributed by atoms with Crippen molar-refractivity contribution in [1.82, 2.24) is 19.5 Å². The minimum absolute atomic E-state index is 0.178. The first-order valence-corrected chi connectivity index (χ1v) is 16.2. The summed E-state index contributed by atoms with van der Waals surface area (Å²) in [5, 5.41) is 15.0. The second kappa shape index (κ2) is 17.4. The first kappa shape index (κ1) is 30.3. The number of aliphatic imine (C=N–C) groups is 1. The summed E-state index contributed by atoms with van der Waals surface area (Å²) in [6.45, 7) is 5.35. The van der Waals surface area contributed by atoms with E-state index >= 15 is 0 Å². The maximum Gasteiger partial charge on any atom is 0.216 e. The standard InChI is InChI=1S/C28H47N7O2S/c29-25-32-28(33-26-15-18-30-19-16-26)31-17-8-2-1-3-11-23-35(24-12-22-34-20-9-5-10-21-34)38(36,37)27-13-6-4-7-14-27/h15-16,18-19,27H,1-14,17,20-24H2,(H2,30,31,32,33). The van der Waals surface area contributed by atoms with E-state index < -0.39 is 10.0 Å². The normalized spacial score (nSPS) is 17.8. The predicted molar refractivity (Wildman–Crippen MR) is 154 cm³/mol. The van der Waals surface area contributed by atoms with Crippen molar-refractivity contribution in [3.63, 3.8) is 0 Å². The number of anilines is 1. The molecule has 1 aromatic rings. The van der Waals surface area contributed by atoms with E-state index in [2.05, 4.69) is 25.5 Å². The van der Waals surface area contributed by atoms with Gasteiger partial charge in [-0.2, -0.15) is 5.26 Å². The van der Waals surface area contributed by atoms with Crippen LogP contribution in [0.3, 0.4) is 0 Å². The molecule has 1 aliphatic heterocycles. The van der Waals surface area contributed by atoms with Crippen molar-refractivity contribution in [2.45, 2.75) is 95.1 Å². The summed E-state index contributed by atoms with van der Waals surface area (Å²) in [5.41, 5.74) is 0.824. The monoisotopic (exact) mass is 545 g/mol. The highest BCUT2D eigenvalue weighted by molar-refractivity contribution is 7.89. The highest BCUT2D eigenvalue weighted by Gasteiger charge is 2.32. The molecule has 212 valence electrons. The third-order valence-electron chi connectivity index (χ3n) is 7.65. The number of unbranched alkanes of at least 4 members (excludes halogenated alkanes) is 4. The number of nitrogens with zero attached hydrogens (tertiary/aromatic N) is 5. The summed E-state index contributed by atoms with van der Waals surface area (Å²) >= 11 is 0. The molecule has 3 rings (SSSR count). The Morgan fingerprint density at radius 2 is 1.63 bits per heavy atom. The lowest BCUT2D eigenvalue weighted by Crippen LogP contribution is -2.42. The average Bonchev–Trinajstić information content (AvgIpc) is 2.95. The van der Waals surface area contributed by atoms with Crippen LogP contribution in [0.15, 0.2) is 29.5 Å². The minimum atomic E-state index is -3.21. The van der Waals surface area contributed by atoms with E-state index in [4.69, 9.17) is 5.26 Å². The number of pyridine rings is 1. The fourth-order valence-corrected chi connectivity index (χ4v) is 7.60. The quantitative estimate of drug-likeness (QED) is 0.142. The van der Waals surface area contributed by atoms with Crippen LogP contribution >= 0.6 is 0 Å². The Kier molecular flexibility index (Phi) is 13.9. The summed E-state index contributed by atoms with van der Waals surface area (Å²) in [6, 6.07) is 3.64. The molecule has 0 amide bonds. The number of rotatable bonds is 15. The van der Waals surface area contributed by atoms with Crippen molar-refractivity contribution in [1.29, 1.82) is 5.26 Å². The number of likely N-dealkylation sites (tertiary alicyclic amines) is 1. The van der Waals surface area contributed by atoms with Gasteiger partial charge in [-0.25, -0.2) is 12.7 Å². The fourth-order valence-electron chi connectivity index (χ4n) is 5.48. The van der Waals surface area contributed by atoms with Crippen LogP contribution < -0.4 is 10.6 Å². The van der Waals surface area contributed by atoms with Gasteiger partial charge in [0.2, 0.25) is 22.2 Å². The molecule has 0 radical (unpaired) electrons. The Hall–Kier alpha value is -2.22. The molecular formula is C28H47N7O2S. The first-order valence-electron chi connectivity index (χ1n) is 14.7. The van der Waals surface area contributed by atoms with Crippen molar-refractivity contribution in [3.8, 4) is 6.19 Å². The van der Waals surface area contributed by atoms with E-state index in [-0.39, 0.29) is 5.25 Å². The molecule has 10 heteroatoms. The van der Waals surface area contributed by atoms with E-state index in [1.165, 1.54) is 25.7 Å². The molecular weight excluding hydrogens is 498 g/mol. The van der Waals surface area contributed by atoms with Crippen molar-refractivity contribution in [2.24, 2.45) is 4.99 Å². The van der Waals surface area contributed by atoms with Gasteiger partial charge in [0.05, 0.1) is 5.25 Å². The van der Waals surface area contributed by atoms with Gasteiger partial charge in [-0.15, -0.1) is 4.99 Å². The zero-order valence-corrected chi connectivity index (χ0v) is 23.8. The minimum Gasteiger partial charge on any atom is -0.355 e. The van der Waals surface area contributed by atoms with Gasteiger partial charge in [0.1, 0.15) is 0 Å². The van der Waals surface area contributed by atoms with Crippen LogP contribution in [0.2, 0.25) is 0 Å². The maximum absolute atomic E-state index is 13.5. The molecule has 2 fully saturated rings. The number of guanidine groups is 1. The summed E-state index contributed by atoms with van der Waals surface area (Å²) in [4.78, 5) is 10.3. The van der Waals surface area contributed by atoms with Gasteiger partial charge < -0.3 is 15.5 Å². The molecule has 0 unspecified atom stereocenters. The number of nitrogens with one attached hydrogen (secondary N) is 2. The Morgan fingerprint density at radius 3 is 2.37 bits per heavy atom. The van der Waals surface area contributed by atoms with Crippen molar-refractivity contribution in [2.75, 3.05) is 44.6 Å². The van der Waals surface area contributed by atoms with E-state index in [9.17, 15) is 8.42 Å². The highest BCUT2D eigenvalue weighted by Crippen LogP contribution is 2.26. The highest BCUT2D eigenvalue weighted by atomic mass is 32.2. The summed E-state index contributed by atoms with van der Waals surface area (Å²) in [6.07, 6.45) is 19.9. The zero-order valence-electron chi connectivity index (χ0n) is 23.0. The molecule has 2 N–H and O–H groups in total. The predicted octanol–water partition coefficient (Wildman–Crippen LogP) is 4.71. The Balaban J connectivity index is 1.36. The van der Waals surface area contributed by atoms with Gasteiger partial charge in [-0.05, 0) is 76.7 Å². The van der Waals surface area contributed by atoms with Gasteiger partial charge in [0.15, 0.2) is 0 Å². The van der Waals surface area contributed by atoms with Crippen LogP contribution in [0.4, 0.5) is 5.69 Å². The van der Waals surface area contributed by atoms with Crippen LogP contribution in [0.5, 0.6) is 0 Å². The lowest BCUT2D eigenvalue weighted by atomic mass is 10.0. The smallest absolute Gasteiger partial charge is 0.216 e. The van der Waals surface area contributed by atoms with Crippen LogP contribution in [0, 0.1) is 11.5 Å². The molecule has 0 atom stereocenters. The molecule has 2 heterocycles. The third kappa shape index (κ3) is 10.9. The van der Waals surface area contributed by atoms with Gasteiger partial charge in [0, 0.05) is 37.7 Å². The number of nitriles is 1. The summed E-state index contributed by atoms with van der Waals surface area (Å²) in [5.74, 6) is 0.437. The number of aromatic nitrogens is 1. The first-order chi connectivity index (χ1) is 18.6. The van der Waals surface area contributed by atoms with Gasteiger partial charge in [-0.3, -0.25) is 4.98 Å². The van der Waals surface area contributed by atoms with E-state index in [1.807, 2.05) is 22.6 Å². The van der Waals surface area contributed by atoms with Crippen LogP contribution in [0.25, 0.3) is 0 Å². The molecule has 1 saturated carbocycles. The second-order valence-corrected chi connectivity index (χ2v) is 12.8. The van der Waals surface area contributed by atoms with Gasteiger partial charge in [0.25, 0.3) is 0 Å². The molecule has 2 aliphatic rings. The Morgan fingerprint density at radius 1 is 0.974 bits per heavy atom. The molecule has 1 aliphatic carbocycles. The SMILES string of the molecule is N#C/N=C(\NCCCCCCCN(CCCN1CCCCC1)S(=O)(=O)C1CCCCC1)Nc1ccncc1. The average molecular weight is 546 g/mol. The van der Waals surface area contributed by atoms with Crippen molar-refractivity contribution >= 4 is 21.7 Å². The molecule has 9 nitrogen and oxygen atoms in total. The van der Waals surface area contributed by atoms with Crippen LogP contribution in [-0.4, -0.2) is 73.1 Å². The molecule has 0 bridgehead atoms. The fraction of sp³-hybridized carbons (Fsp3) is 0.750. The number of piperidine rings is 1. The van der Waals surface area contributed by atoms with E-state index in [1.54, 1.807) is 12.4 Å². The van der Waals surface area contributed by atoms with Crippen molar-refractivity contribution < 1.29 is 8.42 Å². The molecule has 38 heavy (non-hydrogen) atoms. The molecule has 1 saturated heterocycles. The van der Waals surface area contributed by atoms with Crippen molar-refractivity contribution in [3.05, 3.63) is 24.5 Å². The van der Waals surface area contributed by atoms with Gasteiger partial charge >= 0.3 is 0 Å².